The van der Waals surface area contributed by atoms with E-state index in [1.807, 2.05) is 0 Å². The van der Waals surface area contributed by atoms with Crippen molar-refractivity contribution in [2.24, 2.45) is 0 Å². The molecule has 0 amide bonds. The fraction of sp³-hybridized carbons (Fsp3) is 0.375. The van der Waals surface area contributed by atoms with E-state index in [0.29, 0.717) is 0 Å². The lowest BCUT2D eigenvalue weighted by molar-refractivity contribution is -0.142. The number of rotatable bonds is 3. The quantitative estimate of drug-likeness (QED) is 0.819. The first-order chi connectivity index (χ1) is 7.04. The summed E-state index contributed by atoms with van der Waals surface area (Å²) in [4.78, 5) is 28.3. The molecule has 0 fully saturated rings. The van der Waals surface area contributed by atoms with Gasteiger partial charge in [-0.25, -0.2) is 4.98 Å². The zero-order chi connectivity index (χ0) is 11.4. The van der Waals surface area contributed by atoms with Crippen LogP contribution in [0.3, 0.4) is 0 Å². The Labute approximate surface area is 95.4 Å². The number of carbonyl (C=O) groups excluding carboxylic acids is 1. The minimum atomic E-state index is -0.544. The third-order valence-electron chi connectivity index (χ3n) is 1.52. The molecule has 0 unspecified atom stereocenters. The molecule has 5 nitrogen and oxygen atoms in total. The third kappa shape index (κ3) is 3.21. The Hall–Kier alpha value is -1.07. The SMILES string of the molecule is CCOC(=O)Cc1nc(Cl)c(Cl)[nH]c1=O. The molecule has 0 saturated carbocycles. The number of ether oxygens (including phenoxy) is 1. The van der Waals surface area contributed by atoms with E-state index in [-0.39, 0.29) is 29.0 Å². The van der Waals surface area contributed by atoms with Gasteiger partial charge in [0.05, 0.1) is 13.0 Å². The highest BCUT2D eigenvalue weighted by atomic mass is 35.5. The number of nitrogens with zero attached hydrogens (tertiary/aromatic N) is 1. The normalized spacial score (nSPS) is 10.1. The lowest BCUT2D eigenvalue weighted by Gasteiger charge is -2.01. The summed E-state index contributed by atoms with van der Waals surface area (Å²) in [6, 6.07) is 0. The maximum atomic E-state index is 11.3. The van der Waals surface area contributed by atoms with Crippen LogP contribution in [0.1, 0.15) is 12.6 Å². The standard InChI is InChI=1S/C8H8Cl2N2O3/c1-2-15-5(13)3-4-8(14)12-7(10)6(9)11-4/h2-3H2,1H3,(H,12,14). The van der Waals surface area contributed by atoms with Crippen molar-refractivity contribution >= 4 is 29.2 Å². The summed E-state index contributed by atoms with van der Waals surface area (Å²) in [6.45, 7) is 1.92. The first-order valence-corrected chi connectivity index (χ1v) is 4.90. The molecule has 0 aliphatic rings. The third-order valence-corrected chi connectivity index (χ3v) is 2.16. The van der Waals surface area contributed by atoms with Crippen molar-refractivity contribution in [1.29, 1.82) is 0 Å². The zero-order valence-electron chi connectivity index (χ0n) is 7.84. The molecule has 1 aromatic rings. The van der Waals surface area contributed by atoms with E-state index in [1.54, 1.807) is 6.92 Å². The minimum absolute atomic E-state index is 0.0112. The number of aromatic nitrogens is 2. The van der Waals surface area contributed by atoms with Crippen LogP contribution in [0.15, 0.2) is 4.79 Å². The molecule has 1 aromatic heterocycles. The molecule has 7 heteroatoms. The van der Waals surface area contributed by atoms with Gasteiger partial charge in [0.25, 0.3) is 5.56 Å². The predicted molar refractivity (Wildman–Crippen MR) is 55.2 cm³/mol. The highest BCUT2D eigenvalue weighted by Gasteiger charge is 2.12. The van der Waals surface area contributed by atoms with E-state index < -0.39 is 11.5 Å². The average molecular weight is 251 g/mol. The Balaban J connectivity index is 2.91. The molecule has 0 saturated heterocycles. The molecule has 0 aliphatic carbocycles. The Morgan fingerprint density at radius 1 is 1.53 bits per heavy atom. The van der Waals surface area contributed by atoms with Crippen molar-refractivity contribution in [3.05, 3.63) is 26.4 Å². The second-order valence-electron chi connectivity index (χ2n) is 2.60. The van der Waals surface area contributed by atoms with Gasteiger partial charge >= 0.3 is 5.97 Å². The van der Waals surface area contributed by atoms with Gasteiger partial charge in [0.2, 0.25) is 0 Å². The van der Waals surface area contributed by atoms with Crippen molar-refractivity contribution in [2.45, 2.75) is 13.3 Å². The molecular weight excluding hydrogens is 243 g/mol. The maximum Gasteiger partial charge on any atom is 0.312 e. The van der Waals surface area contributed by atoms with Gasteiger partial charge in [0.15, 0.2) is 5.15 Å². The van der Waals surface area contributed by atoms with Gasteiger partial charge < -0.3 is 9.72 Å². The summed E-state index contributed by atoms with van der Waals surface area (Å²) in [7, 11) is 0. The van der Waals surface area contributed by atoms with Crippen LogP contribution >= 0.6 is 23.2 Å². The number of aromatic amines is 1. The summed E-state index contributed by atoms with van der Waals surface area (Å²) in [5.41, 5.74) is -0.555. The lowest BCUT2D eigenvalue weighted by Crippen LogP contribution is -2.20. The zero-order valence-corrected chi connectivity index (χ0v) is 9.35. The molecule has 1 rings (SSSR count). The van der Waals surface area contributed by atoms with E-state index >= 15 is 0 Å². The molecule has 0 atom stereocenters. The van der Waals surface area contributed by atoms with Crippen molar-refractivity contribution in [2.75, 3.05) is 6.61 Å². The minimum Gasteiger partial charge on any atom is -0.466 e. The van der Waals surface area contributed by atoms with Crippen LogP contribution in [0, 0.1) is 0 Å². The molecule has 1 N–H and O–H groups in total. The highest BCUT2D eigenvalue weighted by molar-refractivity contribution is 6.40. The summed E-state index contributed by atoms with van der Waals surface area (Å²) in [5.74, 6) is -0.533. The molecule has 1 heterocycles. The lowest BCUT2D eigenvalue weighted by atomic mass is 10.3. The molecule has 0 spiro atoms. The van der Waals surface area contributed by atoms with Crippen LogP contribution in [0.5, 0.6) is 0 Å². The predicted octanol–water partition coefficient (Wildman–Crippen LogP) is 1.18. The van der Waals surface area contributed by atoms with Crippen molar-refractivity contribution in [1.82, 2.24) is 9.97 Å². The average Bonchev–Trinajstić information content (AvgIpc) is 2.14. The van der Waals surface area contributed by atoms with Gasteiger partial charge in [0.1, 0.15) is 10.8 Å². The topological polar surface area (TPSA) is 72.0 Å². The number of hydrogen-bond acceptors (Lipinski definition) is 4. The van der Waals surface area contributed by atoms with Gasteiger partial charge in [-0.05, 0) is 6.92 Å². The molecular formula is C8H8Cl2N2O3. The van der Waals surface area contributed by atoms with E-state index in [4.69, 9.17) is 23.2 Å². The van der Waals surface area contributed by atoms with Crippen LogP contribution in [-0.2, 0) is 16.0 Å². The number of hydrogen-bond donors (Lipinski definition) is 1. The first kappa shape index (κ1) is 12.0. The van der Waals surface area contributed by atoms with E-state index in [0.717, 1.165) is 0 Å². The Morgan fingerprint density at radius 2 is 2.20 bits per heavy atom. The molecule has 0 aliphatic heterocycles. The number of H-pyrrole nitrogens is 1. The van der Waals surface area contributed by atoms with Crippen molar-refractivity contribution < 1.29 is 9.53 Å². The first-order valence-electron chi connectivity index (χ1n) is 4.14. The number of halogens is 2. The van der Waals surface area contributed by atoms with Gasteiger partial charge in [-0.15, -0.1) is 0 Å². The molecule has 0 radical (unpaired) electrons. The fourth-order valence-electron chi connectivity index (χ4n) is 0.910. The van der Waals surface area contributed by atoms with Gasteiger partial charge in [-0.2, -0.15) is 0 Å². The van der Waals surface area contributed by atoms with Crippen LogP contribution in [0.25, 0.3) is 0 Å². The Kier molecular flexibility index (Phi) is 4.11. The van der Waals surface area contributed by atoms with Crippen LogP contribution in [-0.4, -0.2) is 22.5 Å². The molecule has 0 aromatic carbocycles. The number of esters is 1. The monoisotopic (exact) mass is 250 g/mol. The maximum absolute atomic E-state index is 11.3. The van der Waals surface area contributed by atoms with Gasteiger partial charge in [0, 0.05) is 0 Å². The van der Waals surface area contributed by atoms with Crippen molar-refractivity contribution in [3.63, 3.8) is 0 Å². The Morgan fingerprint density at radius 3 is 2.80 bits per heavy atom. The largest absolute Gasteiger partial charge is 0.466 e. The van der Waals surface area contributed by atoms with E-state index in [9.17, 15) is 9.59 Å². The highest BCUT2D eigenvalue weighted by Crippen LogP contribution is 2.13. The van der Waals surface area contributed by atoms with Crippen molar-refractivity contribution in [3.8, 4) is 0 Å². The number of carbonyl (C=O) groups is 1. The van der Waals surface area contributed by atoms with Crippen LogP contribution in [0.4, 0.5) is 0 Å². The molecule has 82 valence electrons. The van der Waals surface area contributed by atoms with Crippen LogP contribution in [0.2, 0.25) is 10.3 Å². The molecule has 15 heavy (non-hydrogen) atoms. The summed E-state index contributed by atoms with van der Waals surface area (Å²) in [6.07, 6.45) is -0.222. The van der Waals surface area contributed by atoms with Crippen LogP contribution < -0.4 is 5.56 Å². The number of nitrogens with one attached hydrogen (secondary N) is 1. The molecule has 0 bridgehead atoms. The van der Waals surface area contributed by atoms with Gasteiger partial charge in [-0.3, -0.25) is 9.59 Å². The summed E-state index contributed by atoms with van der Waals surface area (Å²) in [5, 5.41) is -0.0927. The smallest absolute Gasteiger partial charge is 0.312 e. The van der Waals surface area contributed by atoms with E-state index in [1.165, 1.54) is 0 Å². The van der Waals surface area contributed by atoms with Gasteiger partial charge in [-0.1, -0.05) is 23.2 Å². The summed E-state index contributed by atoms with van der Waals surface area (Å²) >= 11 is 11.1. The second-order valence-corrected chi connectivity index (χ2v) is 3.34. The second kappa shape index (κ2) is 5.14. The Bertz CT molecular complexity index is 430. The summed E-state index contributed by atoms with van der Waals surface area (Å²) < 4.78 is 4.66. The van der Waals surface area contributed by atoms with E-state index in [2.05, 4.69) is 14.7 Å². The fourth-order valence-corrected chi connectivity index (χ4v) is 1.19.